The van der Waals surface area contributed by atoms with E-state index in [-0.39, 0.29) is 17.2 Å². The maximum atomic E-state index is 12.4. The number of nitrogen functional groups attached to an aromatic ring is 1. The first-order valence-electron chi connectivity index (χ1n) is 10.0. The van der Waals surface area contributed by atoms with Gasteiger partial charge in [-0.25, -0.2) is 9.97 Å². The minimum absolute atomic E-state index is 0.0218. The molecule has 2 aromatic rings. The van der Waals surface area contributed by atoms with Gasteiger partial charge in [0.05, 0.1) is 17.8 Å². The highest BCUT2D eigenvalue weighted by molar-refractivity contribution is 5.80. The van der Waals surface area contributed by atoms with Crippen molar-refractivity contribution in [2.45, 2.75) is 19.4 Å². The molecule has 2 aromatic heterocycles. The van der Waals surface area contributed by atoms with Crippen molar-refractivity contribution < 1.29 is 9.59 Å². The van der Waals surface area contributed by atoms with Gasteiger partial charge in [-0.2, -0.15) is 5.26 Å². The highest BCUT2D eigenvalue weighted by Gasteiger charge is 2.23. The zero-order valence-corrected chi connectivity index (χ0v) is 17.5. The third-order valence-electron chi connectivity index (χ3n) is 5.15. The number of nitrogens with two attached hydrogens (primary N) is 2. The molecule has 0 unspecified atom stereocenters. The summed E-state index contributed by atoms with van der Waals surface area (Å²) in [7, 11) is 1.91. The molecule has 10 heteroatoms. The van der Waals surface area contributed by atoms with Crippen molar-refractivity contribution >= 4 is 29.5 Å². The first kappa shape index (κ1) is 22.1. The molecule has 5 N–H and O–H groups in total. The lowest BCUT2D eigenvalue weighted by molar-refractivity contribution is -0.136. The molecule has 3 rings (SSSR count). The summed E-state index contributed by atoms with van der Waals surface area (Å²) in [6.07, 6.45) is 3.44. The number of aldehydes is 1. The van der Waals surface area contributed by atoms with Gasteiger partial charge in [0.1, 0.15) is 23.4 Å². The fourth-order valence-corrected chi connectivity index (χ4v) is 3.39. The van der Waals surface area contributed by atoms with E-state index in [4.69, 9.17) is 16.7 Å². The van der Waals surface area contributed by atoms with Gasteiger partial charge in [-0.3, -0.25) is 14.5 Å². The molecule has 1 aliphatic heterocycles. The molecule has 0 radical (unpaired) electrons. The second-order valence-electron chi connectivity index (χ2n) is 7.50. The Balaban J connectivity index is 1.92. The number of hydrogen-bond donors (Lipinski definition) is 3. The van der Waals surface area contributed by atoms with Crippen molar-refractivity contribution in [3.8, 4) is 6.07 Å². The number of pyridine rings is 2. The molecule has 0 atom stereocenters. The van der Waals surface area contributed by atoms with E-state index in [1.165, 1.54) is 6.20 Å². The minimum atomic E-state index is 0.0218. The minimum Gasteiger partial charge on any atom is -0.398 e. The molecule has 0 aliphatic carbocycles. The van der Waals surface area contributed by atoms with E-state index < -0.39 is 0 Å². The van der Waals surface area contributed by atoms with E-state index in [2.05, 4.69) is 15.3 Å². The number of nitriles is 1. The van der Waals surface area contributed by atoms with Gasteiger partial charge in [-0.05, 0) is 38.1 Å². The molecule has 31 heavy (non-hydrogen) atoms. The Morgan fingerprint density at radius 1 is 1.32 bits per heavy atom. The van der Waals surface area contributed by atoms with Gasteiger partial charge in [-0.1, -0.05) is 0 Å². The topological polar surface area (TPSA) is 154 Å². The lowest BCUT2D eigenvalue weighted by Gasteiger charge is -2.32. The first-order chi connectivity index (χ1) is 14.9. The summed E-state index contributed by atoms with van der Waals surface area (Å²) < 4.78 is 0. The predicted molar refractivity (Wildman–Crippen MR) is 117 cm³/mol. The van der Waals surface area contributed by atoms with Crippen molar-refractivity contribution in [2.24, 2.45) is 5.73 Å². The van der Waals surface area contributed by atoms with Crippen LogP contribution in [0.25, 0.3) is 0 Å². The molecule has 3 heterocycles. The maximum absolute atomic E-state index is 12.4. The van der Waals surface area contributed by atoms with E-state index in [1.807, 2.05) is 24.1 Å². The van der Waals surface area contributed by atoms with Gasteiger partial charge >= 0.3 is 0 Å². The fraction of sp³-hybridized carbons (Fsp3) is 0.381. The number of carbonyl (C=O) groups is 2. The van der Waals surface area contributed by atoms with Crippen LogP contribution in [0.5, 0.6) is 0 Å². The SMILES string of the molecule is CN1CCN(Cc2cc(CCCN)c(Nc3cc(N)c(C#N)cn3)nc2C=O)C(=O)C1. The summed E-state index contributed by atoms with van der Waals surface area (Å²) in [5.41, 5.74) is 13.9. The summed E-state index contributed by atoms with van der Waals surface area (Å²) in [4.78, 5) is 36.5. The van der Waals surface area contributed by atoms with Gasteiger partial charge < -0.3 is 21.7 Å². The molecular weight excluding hydrogens is 396 g/mol. The first-order valence-corrected chi connectivity index (χ1v) is 10.0. The van der Waals surface area contributed by atoms with Gasteiger partial charge in [0, 0.05) is 37.5 Å². The summed E-state index contributed by atoms with van der Waals surface area (Å²) >= 11 is 0. The Kier molecular flexibility index (Phi) is 7.12. The number of likely N-dealkylation sites (N-methyl/N-ethyl adjacent to an activating group) is 1. The van der Waals surface area contributed by atoms with Crippen LogP contribution in [0, 0.1) is 11.3 Å². The number of nitrogens with zero attached hydrogens (tertiary/aromatic N) is 5. The summed E-state index contributed by atoms with van der Waals surface area (Å²) in [5.74, 6) is 0.908. The van der Waals surface area contributed by atoms with Crippen LogP contribution in [-0.2, 0) is 17.8 Å². The summed E-state index contributed by atoms with van der Waals surface area (Å²) in [5, 5.41) is 12.1. The molecule has 0 bridgehead atoms. The normalized spacial score (nSPS) is 14.4. The van der Waals surface area contributed by atoms with Gasteiger partial charge in [0.25, 0.3) is 0 Å². The highest BCUT2D eigenvalue weighted by atomic mass is 16.2. The van der Waals surface area contributed by atoms with Crippen LogP contribution in [-0.4, -0.2) is 65.2 Å². The van der Waals surface area contributed by atoms with E-state index in [0.29, 0.717) is 61.8 Å². The van der Waals surface area contributed by atoms with Gasteiger partial charge in [0.15, 0.2) is 6.29 Å². The average Bonchev–Trinajstić information content (AvgIpc) is 2.75. The smallest absolute Gasteiger partial charge is 0.237 e. The summed E-state index contributed by atoms with van der Waals surface area (Å²) in [6, 6.07) is 5.41. The van der Waals surface area contributed by atoms with Crippen molar-refractivity contribution in [2.75, 3.05) is 44.3 Å². The molecule has 0 aromatic carbocycles. The molecule has 1 amide bonds. The Hall–Kier alpha value is -3.55. The van der Waals surface area contributed by atoms with Crippen molar-refractivity contribution in [3.05, 3.63) is 40.7 Å². The van der Waals surface area contributed by atoms with Gasteiger partial charge in [0.2, 0.25) is 5.91 Å². The van der Waals surface area contributed by atoms with Crippen molar-refractivity contribution in [1.29, 1.82) is 5.26 Å². The molecule has 1 saturated heterocycles. The fourth-order valence-electron chi connectivity index (χ4n) is 3.39. The van der Waals surface area contributed by atoms with Crippen LogP contribution in [0.3, 0.4) is 0 Å². The van der Waals surface area contributed by atoms with Crippen LogP contribution in [0.15, 0.2) is 18.3 Å². The number of amides is 1. The Morgan fingerprint density at radius 2 is 2.13 bits per heavy atom. The quantitative estimate of drug-likeness (QED) is 0.520. The second kappa shape index (κ2) is 9.97. The van der Waals surface area contributed by atoms with E-state index in [0.717, 1.165) is 18.5 Å². The number of aryl methyl sites for hydroxylation is 1. The number of anilines is 3. The largest absolute Gasteiger partial charge is 0.398 e. The molecule has 10 nitrogen and oxygen atoms in total. The molecule has 1 aliphatic rings. The number of hydrogen-bond acceptors (Lipinski definition) is 9. The third-order valence-corrected chi connectivity index (χ3v) is 5.15. The molecular formula is C21H26N8O2. The second-order valence-corrected chi connectivity index (χ2v) is 7.50. The maximum Gasteiger partial charge on any atom is 0.237 e. The monoisotopic (exact) mass is 422 g/mol. The predicted octanol–water partition coefficient (Wildman–Crippen LogP) is 0.652. The van der Waals surface area contributed by atoms with Crippen molar-refractivity contribution in [3.63, 3.8) is 0 Å². The third kappa shape index (κ3) is 5.33. The highest BCUT2D eigenvalue weighted by Crippen LogP contribution is 2.25. The Morgan fingerprint density at radius 3 is 2.77 bits per heavy atom. The van der Waals surface area contributed by atoms with Crippen LogP contribution in [0.1, 0.15) is 33.6 Å². The standard InChI is InChI=1S/C21H26N8O2/c1-28-5-6-29(20(31)12-28)11-15-7-14(3-2-4-22)21(26-18(15)13-30)27-19-8-17(24)16(9-23)10-25-19/h7-8,10,13H,2-6,11-12,22H2,1H3,(H3,24,25,26,27). The average molecular weight is 422 g/mol. The zero-order chi connectivity index (χ0) is 22.4. The lowest BCUT2D eigenvalue weighted by atomic mass is 10.0. The zero-order valence-electron chi connectivity index (χ0n) is 17.5. The number of rotatable bonds is 8. The Labute approximate surface area is 180 Å². The number of nitrogens with one attached hydrogen (secondary N) is 1. The number of carbonyl (C=O) groups excluding carboxylic acids is 2. The van der Waals surface area contributed by atoms with E-state index >= 15 is 0 Å². The van der Waals surface area contributed by atoms with E-state index in [9.17, 15) is 9.59 Å². The van der Waals surface area contributed by atoms with Crippen LogP contribution >= 0.6 is 0 Å². The summed E-state index contributed by atoms with van der Waals surface area (Å²) in [6.45, 7) is 2.56. The van der Waals surface area contributed by atoms with Gasteiger partial charge in [-0.15, -0.1) is 0 Å². The van der Waals surface area contributed by atoms with Crippen LogP contribution in [0.2, 0.25) is 0 Å². The van der Waals surface area contributed by atoms with Crippen LogP contribution in [0.4, 0.5) is 17.3 Å². The molecule has 1 fully saturated rings. The Bertz CT molecular complexity index is 1020. The van der Waals surface area contributed by atoms with E-state index in [1.54, 1.807) is 11.0 Å². The molecule has 0 saturated carbocycles. The van der Waals surface area contributed by atoms with Crippen LogP contribution < -0.4 is 16.8 Å². The number of piperazine rings is 1. The molecule has 162 valence electrons. The van der Waals surface area contributed by atoms with Crippen molar-refractivity contribution in [1.82, 2.24) is 19.8 Å². The lowest BCUT2D eigenvalue weighted by Crippen LogP contribution is -2.48. The number of aromatic nitrogens is 2. The molecule has 0 spiro atoms.